The molecule has 3 rings (SSSR count). The van der Waals surface area contributed by atoms with Crippen LogP contribution in [-0.4, -0.2) is 38.2 Å². The molecule has 0 radical (unpaired) electrons. The normalized spacial score (nSPS) is 22.1. The second-order valence-corrected chi connectivity index (χ2v) is 7.00. The minimum Gasteiger partial charge on any atom is -0.468 e. The molecular formula is C21H24O6. The number of esters is 3. The predicted octanol–water partition coefficient (Wildman–Crippen LogP) is 2.69. The summed E-state index contributed by atoms with van der Waals surface area (Å²) in [6.45, 7) is 3.66. The monoisotopic (exact) mass is 372 g/mol. The van der Waals surface area contributed by atoms with Gasteiger partial charge in [0.2, 0.25) is 0 Å². The van der Waals surface area contributed by atoms with Gasteiger partial charge in [-0.3, -0.25) is 14.4 Å². The van der Waals surface area contributed by atoms with Crippen molar-refractivity contribution in [3.05, 3.63) is 41.0 Å². The summed E-state index contributed by atoms with van der Waals surface area (Å²) < 4.78 is 15.5. The third-order valence-electron chi connectivity index (χ3n) is 5.50. The molecule has 6 heteroatoms. The summed E-state index contributed by atoms with van der Waals surface area (Å²) in [6, 6.07) is 7.72. The van der Waals surface area contributed by atoms with Crippen LogP contribution in [0.3, 0.4) is 0 Å². The average molecular weight is 372 g/mol. The highest BCUT2D eigenvalue weighted by Gasteiger charge is 2.65. The number of rotatable bonds is 5. The molecule has 0 amide bonds. The van der Waals surface area contributed by atoms with Crippen molar-refractivity contribution >= 4 is 24.0 Å². The van der Waals surface area contributed by atoms with E-state index in [1.165, 1.54) is 7.11 Å². The van der Waals surface area contributed by atoms with Crippen LogP contribution in [0, 0.1) is 10.8 Å². The summed E-state index contributed by atoms with van der Waals surface area (Å²) in [5.41, 5.74) is 0.0800. The highest BCUT2D eigenvalue weighted by atomic mass is 16.6. The summed E-state index contributed by atoms with van der Waals surface area (Å²) in [5.74, 6) is -1.74. The van der Waals surface area contributed by atoms with Gasteiger partial charge in [-0.15, -0.1) is 0 Å². The van der Waals surface area contributed by atoms with Gasteiger partial charge in [0, 0.05) is 0 Å². The molecular weight excluding hydrogens is 348 g/mol. The number of ether oxygens (including phenoxy) is 3. The van der Waals surface area contributed by atoms with E-state index in [1.54, 1.807) is 13.8 Å². The maximum atomic E-state index is 12.9. The highest BCUT2D eigenvalue weighted by molar-refractivity contribution is 6.03. The zero-order chi connectivity index (χ0) is 19.7. The molecule has 1 aromatic rings. The summed E-state index contributed by atoms with van der Waals surface area (Å²) in [6.07, 6.45) is 2.36. The van der Waals surface area contributed by atoms with Gasteiger partial charge in [0.25, 0.3) is 0 Å². The molecule has 0 N–H and O–H groups in total. The van der Waals surface area contributed by atoms with E-state index in [9.17, 15) is 14.4 Å². The van der Waals surface area contributed by atoms with E-state index in [0.29, 0.717) is 12.0 Å². The Morgan fingerprint density at radius 3 is 2.19 bits per heavy atom. The number of carbonyl (C=O) groups is 3. The zero-order valence-electron chi connectivity index (χ0n) is 15.9. The maximum Gasteiger partial charge on any atom is 0.323 e. The molecule has 1 aromatic carbocycles. The van der Waals surface area contributed by atoms with Gasteiger partial charge in [-0.05, 0) is 44.2 Å². The molecule has 0 bridgehead atoms. The Morgan fingerprint density at radius 2 is 1.59 bits per heavy atom. The smallest absolute Gasteiger partial charge is 0.323 e. The Labute approximate surface area is 158 Å². The van der Waals surface area contributed by atoms with E-state index in [2.05, 4.69) is 0 Å². The van der Waals surface area contributed by atoms with Crippen LogP contribution in [0.2, 0.25) is 0 Å². The Balaban J connectivity index is 2.13. The molecule has 1 saturated carbocycles. The summed E-state index contributed by atoms with van der Waals surface area (Å²) in [4.78, 5) is 38.6. The lowest BCUT2D eigenvalue weighted by molar-refractivity contribution is -0.173. The second-order valence-electron chi connectivity index (χ2n) is 7.00. The molecule has 6 nitrogen and oxygen atoms in total. The van der Waals surface area contributed by atoms with Crippen LogP contribution in [0.4, 0.5) is 0 Å². The average Bonchev–Trinajstić information content (AvgIpc) is 3.02. The minimum absolute atomic E-state index is 0.00942. The van der Waals surface area contributed by atoms with Gasteiger partial charge in [0.1, 0.15) is 0 Å². The van der Waals surface area contributed by atoms with Crippen molar-refractivity contribution in [1.29, 1.82) is 0 Å². The Hall–Kier alpha value is -2.63. The summed E-state index contributed by atoms with van der Waals surface area (Å²) in [5, 5.41) is 0. The molecule has 0 spiro atoms. The van der Waals surface area contributed by atoms with Crippen LogP contribution in [0.15, 0.2) is 29.8 Å². The number of benzene rings is 1. The molecule has 0 heterocycles. The first-order valence-electron chi connectivity index (χ1n) is 9.15. The van der Waals surface area contributed by atoms with Crippen LogP contribution in [0.25, 0.3) is 6.08 Å². The van der Waals surface area contributed by atoms with Crippen LogP contribution >= 0.6 is 0 Å². The Kier molecular flexibility index (Phi) is 5.09. The molecule has 1 unspecified atom stereocenters. The predicted molar refractivity (Wildman–Crippen MR) is 97.5 cm³/mol. The lowest BCUT2D eigenvalue weighted by atomic mass is 9.71. The highest BCUT2D eigenvalue weighted by Crippen LogP contribution is 2.58. The molecule has 144 valence electrons. The third-order valence-corrected chi connectivity index (χ3v) is 5.50. The number of carbonyl (C=O) groups excluding carboxylic acids is 3. The SMILES string of the molecule is CCOC(=O)C1(C(=O)OCC)CC2=Cc3ccccc3CC2(C(=O)OC)C1. The van der Waals surface area contributed by atoms with Crippen LogP contribution in [-0.2, 0) is 35.0 Å². The molecule has 27 heavy (non-hydrogen) atoms. The van der Waals surface area contributed by atoms with Crippen LogP contribution < -0.4 is 0 Å². The Bertz CT molecular complexity index is 791. The van der Waals surface area contributed by atoms with Gasteiger partial charge in [-0.25, -0.2) is 0 Å². The van der Waals surface area contributed by atoms with E-state index in [1.807, 2.05) is 30.3 Å². The first-order chi connectivity index (χ1) is 12.9. The van der Waals surface area contributed by atoms with Crippen molar-refractivity contribution in [2.75, 3.05) is 20.3 Å². The fraction of sp³-hybridized carbons (Fsp3) is 0.476. The lowest BCUT2D eigenvalue weighted by Gasteiger charge is -2.33. The first kappa shape index (κ1) is 19.1. The van der Waals surface area contributed by atoms with Crippen molar-refractivity contribution in [3.63, 3.8) is 0 Å². The summed E-state index contributed by atoms with van der Waals surface area (Å²) in [7, 11) is 1.32. The molecule has 0 aromatic heterocycles. The van der Waals surface area contributed by atoms with Gasteiger partial charge in [0.15, 0.2) is 5.41 Å². The number of hydrogen-bond donors (Lipinski definition) is 0. The van der Waals surface area contributed by atoms with E-state index < -0.39 is 28.7 Å². The molecule has 1 fully saturated rings. The third kappa shape index (κ3) is 2.93. The first-order valence-corrected chi connectivity index (χ1v) is 9.15. The number of methoxy groups -OCH3 is 1. The van der Waals surface area contributed by atoms with Gasteiger partial charge in [-0.2, -0.15) is 0 Å². The van der Waals surface area contributed by atoms with E-state index in [0.717, 1.165) is 11.1 Å². The quantitative estimate of drug-likeness (QED) is 0.449. The zero-order valence-corrected chi connectivity index (χ0v) is 15.9. The fourth-order valence-electron chi connectivity index (χ4n) is 4.28. The topological polar surface area (TPSA) is 78.9 Å². The largest absolute Gasteiger partial charge is 0.468 e. The van der Waals surface area contributed by atoms with Gasteiger partial charge >= 0.3 is 17.9 Å². The molecule has 2 aliphatic carbocycles. The van der Waals surface area contributed by atoms with Crippen molar-refractivity contribution in [2.45, 2.75) is 33.1 Å². The van der Waals surface area contributed by atoms with Crippen LogP contribution in [0.5, 0.6) is 0 Å². The van der Waals surface area contributed by atoms with Crippen molar-refractivity contribution < 1.29 is 28.6 Å². The second kappa shape index (κ2) is 7.18. The molecule has 0 aliphatic heterocycles. The molecule has 2 aliphatic rings. The summed E-state index contributed by atoms with van der Waals surface area (Å²) >= 11 is 0. The molecule has 1 atom stereocenters. The standard InChI is InChI=1S/C21H24O6/c1-4-26-18(23)21(19(24)27-5-2)12-16-10-14-8-6-7-9-15(14)11-20(16,13-21)17(22)25-3/h6-10H,4-5,11-13H2,1-3H3. The minimum atomic E-state index is -1.53. The van der Waals surface area contributed by atoms with E-state index in [-0.39, 0.29) is 26.1 Å². The van der Waals surface area contributed by atoms with Crippen LogP contribution in [0.1, 0.15) is 37.8 Å². The van der Waals surface area contributed by atoms with E-state index in [4.69, 9.17) is 14.2 Å². The Morgan fingerprint density at radius 1 is 0.963 bits per heavy atom. The van der Waals surface area contributed by atoms with Crippen molar-refractivity contribution in [3.8, 4) is 0 Å². The molecule has 0 saturated heterocycles. The fourth-order valence-corrected chi connectivity index (χ4v) is 4.28. The van der Waals surface area contributed by atoms with Gasteiger partial charge in [0.05, 0.1) is 25.7 Å². The van der Waals surface area contributed by atoms with E-state index >= 15 is 0 Å². The maximum absolute atomic E-state index is 12.9. The number of hydrogen-bond acceptors (Lipinski definition) is 6. The lowest BCUT2D eigenvalue weighted by Crippen LogP contribution is -2.43. The van der Waals surface area contributed by atoms with Crippen molar-refractivity contribution in [1.82, 2.24) is 0 Å². The van der Waals surface area contributed by atoms with Gasteiger partial charge in [-0.1, -0.05) is 35.9 Å². The number of fused-ring (bicyclic) bond motifs is 2. The van der Waals surface area contributed by atoms with Crippen molar-refractivity contribution in [2.24, 2.45) is 10.8 Å². The van der Waals surface area contributed by atoms with Gasteiger partial charge < -0.3 is 14.2 Å².